The Morgan fingerprint density at radius 1 is 1.24 bits per heavy atom. The Hall–Kier alpha value is -0.730. The van der Waals surface area contributed by atoms with Gasteiger partial charge in [0.2, 0.25) is 0 Å². The summed E-state index contributed by atoms with van der Waals surface area (Å²) in [5.41, 5.74) is 1.15. The highest BCUT2D eigenvalue weighted by molar-refractivity contribution is 6.31. The molecule has 0 heterocycles. The van der Waals surface area contributed by atoms with E-state index >= 15 is 0 Å². The first kappa shape index (κ1) is 14.3. The van der Waals surface area contributed by atoms with Gasteiger partial charge in [-0.15, -0.1) is 0 Å². The number of ether oxygens (including phenoxy) is 1. The number of benzene rings is 1. The maximum absolute atomic E-state index is 6.05. The van der Waals surface area contributed by atoms with E-state index in [0.717, 1.165) is 42.3 Å². The highest BCUT2D eigenvalue weighted by Crippen LogP contribution is 2.22. The van der Waals surface area contributed by atoms with Crippen LogP contribution in [0.1, 0.15) is 31.7 Å². The van der Waals surface area contributed by atoms with Gasteiger partial charge in [-0.1, -0.05) is 18.5 Å². The normalized spacial score (nSPS) is 10.5. The largest absolute Gasteiger partial charge is 0.494 e. The summed E-state index contributed by atoms with van der Waals surface area (Å²) in [4.78, 5) is 0. The fourth-order valence-corrected chi connectivity index (χ4v) is 1.93. The lowest BCUT2D eigenvalue weighted by Crippen LogP contribution is -2.07. The maximum Gasteiger partial charge on any atom is 0.119 e. The van der Waals surface area contributed by atoms with Crippen LogP contribution in [0.2, 0.25) is 5.02 Å². The topological polar surface area (TPSA) is 21.3 Å². The minimum atomic E-state index is 0.786. The van der Waals surface area contributed by atoms with Crippen molar-refractivity contribution in [3.05, 3.63) is 28.8 Å². The maximum atomic E-state index is 6.05. The van der Waals surface area contributed by atoms with E-state index < -0.39 is 0 Å². The third-order valence-electron chi connectivity index (χ3n) is 2.74. The number of hydrogen-bond acceptors (Lipinski definition) is 2. The SMILES string of the molecule is CCc1cc(OCCCCCNC)ccc1Cl. The van der Waals surface area contributed by atoms with Gasteiger partial charge in [0, 0.05) is 5.02 Å². The van der Waals surface area contributed by atoms with E-state index in [4.69, 9.17) is 16.3 Å². The van der Waals surface area contributed by atoms with E-state index in [1.807, 2.05) is 25.2 Å². The monoisotopic (exact) mass is 255 g/mol. The molecule has 0 amide bonds. The molecule has 0 saturated carbocycles. The zero-order valence-electron chi connectivity index (χ0n) is 10.8. The van der Waals surface area contributed by atoms with Crippen molar-refractivity contribution in [2.24, 2.45) is 0 Å². The van der Waals surface area contributed by atoms with Crippen LogP contribution in [-0.2, 0) is 6.42 Å². The standard InChI is InChI=1S/C14H22ClNO/c1-3-12-11-13(7-8-14(12)15)17-10-6-4-5-9-16-2/h7-8,11,16H,3-6,9-10H2,1-2H3. The van der Waals surface area contributed by atoms with Gasteiger partial charge in [-0.2, -0.15) is 0 Å². The minimum absolute atomic E-state index is 0.786. The molecule has 1 N–H and O–H groups in total. The summed E-state index contributed by atoms with van der Waals surface area (Å²) >= 11 is 6.05. The molecule has 0 saturated heterocycles. The number of halogens is 1. The molecule has 0 aliphatic heterocycles. The van der Waals surface area contributed by atoms with Gasteiger partial charge in [0.1, 0.15) is 5.75 Å². The molecule has 0 bridgehead atoms. The van der Waals surface area contributed by atoms with E-state index in [0.29, 0.717) is 0 Å². The van der Waals surface area contributed by atoms with E-state index in [2.05, 4.69) is 12.2 Å². The lowest BCUT2D eigenvalue weighted by atomic mass is 10.1. The summed E-state index contributed by atoms with van der Waals surface area (Å²) in [7, 11) is 1.98. The van der Waals surface area contributed by atoms with E-state index in [1.54, 1.807) is 0 Å². The molecule has 0 aromatic heterocycles. The lowest BCUT2D eigenvalue weighted by Gasteiger charge is -2.08. The third kappa shape index (κ3) is 5.42. The Labute approximate surface area is 109 Å². The van der Waals surface area contributed by atoms with E-state index in [9.17, 15) is 0 Å². The molecule has 0 aliphatic carbocycles. The summed E-state index contributed by atoms with van der Waals surface area (Å²) in [5.74, 6) is 0.930. The van der Waals surface area contributed by atoms with Crippen LogP contribution < -0.4 is 10.1 Å². The van der Waals surface area contributed by atoms with Crippen LogP contribution in [-0.4, -0.2) is 20.2 Å². The summed E-state index contributed by atoms with van der Waals surface area (Å²) < 4.78 is 5.70. The van der Waals surface area contributed by atoms with Gasteiger partial charge in [0.25, 0.3) is 0 Å². The van der Waals surface area contributed by atoms with Crippen molar-refractivity contribution in [1.82, 2.24) is 5.32 Å². The Morgan fingerprint density at radius 2 is 2.06 bits per heavy atom. The molecule has 0 fully saturated rings. The number of nitrogens with one attached hydrogen (secondary N) is 1. The molecule has 17 heavy (non-hydrogen) atoms. The smallest absolute Gasteiger partial charge is 0.119 e. The van der Waals surface area contributed by atoms with Crippen molar-refractivity contribution in [1.29, 1.82) is 0 Å². The van der Waals surface area contributed by atoms with Gasteiger partial charge >= 0.3 is 0 Å². The van der Waals surface area contributed by atoms with Crippen molar-refractivity contribution in [3.8, 4) is 5.75 Å². The Balaban J connectivity index is 2.27. The van der Waals surface area contributed by atoms with Crippen molar-refractivity contribution in [3.63, 3.8) is 0 Å². The molecule has 0 radical (unpaired) electrons. The molecule has 0 atom stereocenters. The summed E-state index contributed by atoms with van der Waals surface area (Å²) in [6.45, 7) is 3.97. The molecule has 1 rings (SSSR count). The molecule has 96 valence electrons. The predicted octanol–water partition coefficient (Wildman–Crippen LogP) is 3.67. The summed E-state index contributed by atoms with van der Waals surface area (Å²) in [6.07, 6.45) is 4.46. The van der Waals surface area contributed by atoms with Crippen molar-refractivity contribution in [2.45, 2.75) is 32.6 Å². The number of unbranched alkanes of at least 4 members (excludes halogenated alkanes) is 2. The molecular weight excluding hydrogens is 234 g/mol. The van der Waals surface area contributed by atoms with Crippen molar-refractivity contribution in [2.75, 3.05) is 20.2 Å². The van der Waals surface area contributed by atoms with Crippen LogP contribution in [0.3, 0.4) is 0 Å². The van der Waals surface area contributed by atoms with Gasteiger partial charge in [0.15, 0.2) is 0 Å². The van der Waals surface area contributed by atoms with E-state index in [1.165, 1.54) is 12.8 Å². The average molecular weight is 256 g/mol. The molecule has 0 spiro atoms. The minimum Gasteiger partial charge on any atom is -0.494 e. The van der Waals surface area contributed by atoms with Crippen LogP contribution in [0.5, 0.6) is 5.75 Å². The van der Waals surface area contributed by atoms with Crippen molar-refractivity contribution >= 4 is 11.6 Å². The van der Waals surface area contributed by atoms with Gasteiger partial charge in [-0.05, 0) is 63.0 Å². The van der Waals surface area contributed by atoms with Crippen LogP contribution in [0.15, 0.2) is 18.2 Å². The van der Waals surface area contributed by atoms with Gasteiger partial charge in [0.05, 0.1) is 6.61 Å². The van der Waals surface area contributed by atoms with Gasteiger partial charge in [-0.25, -0.2) is 0 Å². The molecule has 2 nitrogen and oxygen atoms in total. The average Bonchev–Trinajstić information content (AvgIpc) is 2.35. The zero-order chi connectivity index (χ0) is 12.5. The highest BCUT2D eigenvalue weighted by atomic mass is 35.5. The van der Waals surface area contributed by atoms with E-state index in [-0.39, 0.29) is 0 Å². The summed E-state index contributed by atoms with van der Waals surface area (Å²) in [6, 6.07) is 5.89. The molecular formula is C14H22ClNO. The number of rotatable bonds is 8. The first-order valence-corrected chi connectivity index (χ1v) is 6.71. The predicted molar refractivity (Wildman–Crippen MR) is 74.1 cm³/mol. The quantitative estimate of drug-likeness (QED) is 0.716. The molecule has 0 aliphatic rings. The van der Waals surface area contributed by atoms with Crippen LogP contribution >= 0.6 is 11.6 Å². The number of aryl methyl sites for hydroxylation is 1. The second-order valence-corrected chi connectivity index (χ2v) is 4.53. The van der Waals surface area contributed by atoms with Crippen LogP contribution in [0.4, 0.5) is 0 Å². The first-order chi connectivity index (χ1) is 8.27. The zero-order valence-corrected chi connectivity index (χ0v) is 11.5. The third-order valence-corrected chi connectivity index (χ3v) is 3.11. The molecule has 1 aromatic carbocycles. The fraction of sp³-hybridized carbons (Fsp3) is 0.571. The van der Waals surface area contributed by atoms with Crippen LogP contribution in [0, 0.1) is 0 Å². The van der Waals surface area contributed by atoms with Gasteiger partial charge in [-0.3, -0.25) is 0 Å². The Bertz CT molecular complexity index is 328. The lowest BCUT2D eigenvalue weighted by molar-refractivity contribution is 0.305. The molecule has 1 aromatic rings. The second-order valence-electron chi connectivity index (χ2n) is 4.12. The Morgan fingerprint density at radius 3 is 2.76 bits per heavy atom. The first-order valence-electron chi connectivity index (χ1n) is 6.33. The van der Waals surface area contributed by atoms with Crippen LogP contribution in [0.25, 0.3) is 0 Å². The van der Waals surface area contributed by atoms with Gasteiger partial charge < -0.3 is 10.1 Å². The van der Waals surface area contributed by atoms with Crippen molar-refractivity contribution < 1.29 is 4.74 Å². The highest BCUT2D eigenvalue weighted by Gasteiger charge is 2.00. The molecule has 3 heteroatoms. The second kappa shape index (κ2) is 8.37. The fourth-order valence-electron chi connectivity index (χ4n) is 1.68. The number of hydrogen-bond donors (Lipinski definition) is 1. The molecule has 0 unspecified atom stereocenters. The summed E-state index contributed by atoms with van der Waals surface area (Å²) in [5, 5.41) is 3.97. The Kier molecular flexibility index (Phi) is 7.06.